The van der Waals surface area contributed by atoms with Crippen molar-refractivity contribution in [2.75, 3.05) is 6.61 Å². The summed E-state index contributed by atoms with van der Waals surface area (Å²) < 4.78 is 25.2. The Morgan fingerprint density at radius 3 is 2.56 bits per heavy atom. The molecule has 1 aliphatic heterocycles. The summed E-state index contributed by atoms with van der Waals surface area (Å²) in [6.45, 7) is 1.95. The highest BCUT2D eigenvalue weighted by Crippen LogP contribution is 2.50. The number of rotatable bonds is 8. The molecule has 2 N–H and O–H groups in total. The molecule has 2 aromatic rings. The van der Waals surface area contributed by atoms with Crippen molar-refractivity contribution in [3.63, 3.8) is 0 Å². The fraction of sp³-hybridized carbons (Fsp3) is 0.393. The quantitative estimate of drug-likeness (QED) is 0.538. The standard InChI is InChI=1S/C28H31FO5/c1-2-33-26(32)18-22(31)17-21(30)13-14-24-27(19-9-11-20(29)12-10-19)23-7-3-4-8-25(23)34-28(24)15-5-6-16-28/h3-4,7-14,21-22,30-31H,2,5-6,15-18H2,1H3/b14-13+/t21?,22-/m0/s1. The van der Waals surface area contributed by atoms with Crippen LogP contribution in [0, 0.1) is 5.82 Å². The number of halogens is 1. The van der Waals surface area contributed by atoms with Gasteiger partial charge in [0, 0.05) is 17.6 Å². The molecular weight excluding hydrogens is 435 g/mol. The molecule has 4 rings (SSSR count). The number of esters is 1. The monoisotopic (exact) mass is 466 g/mol. The molecule has 1 spiro atoms. The Bertz CT molecular complexity index is 1070. The number of hydrogen-bond acceptors (Lipinski definition) is 5. The SMILES string of the molecule is CCOC(=O)C[C@@H](O)CC(O)/C=C/C1=C(c2ccc(F)cc2)c2ccccc2OC12CCCC2. The number of ether oxygens (including phenoxy) is 2. The van der Waals surface area contributed by atoms with Crippen LogP contribution < -0.4 is 4.74 Å². The topological polar surface area (TPSA) is 76.0 Å². The second-order valence-corrected chi connectivity index (χ2v) is 8.92. The predicted octanol–water partition coefficient (Wildman–Crippen LogP) is 4.95. The predicted molar refractivity (Wildman–Crippen MR) is 128 cm³/mol. The summed E-state index contributed by atoms with van der Waals surface area (Å²) in [5, 5.41) is 20.8. The molecule has 34 heavy (non-hydrogen) atoms. The van der Waals surface area contributed by atoms with Gasteiger partial charge in [0.2, 0.25) is 0 Å². The molecule has 0 bridgehead atoms. The Labute approximate surface area is 199 Å². The minimum Gasteiger partial charge on any atom is -0.482 e. The van der Waals surface area contributed by atoms with E-state index in [-0.39, 0.29) is 25.3 Å². The fourth-order valence-corrected chi connectivity index (χ4v) is 4.94. The summed E-state index contributed by atoms with van der Waals surface area (Å²) in [5.74, 6) is 0.00402. The van der Waals surface area contributed by atoms with Crippen molar-refractivity contribution >= 4 is 11.5 Å². The second kappa shape index (κ2) is 10.5. The first-order chi connectivity index (χ1) is 16.4. The van der Waals surface area contributed by atoms with Crippen LogP contribution in [0.3, 0.4) is 0 Å². The van der Waals surface area contributed by atoms with E-state index in [0.29, 0.717) is 0 Å². The third kappa shape index (κ3) is 5.24. The lowest BCUT2D eigenvalue weighted by Crippen LogP contribution is -2.38. The first-order valence-electron chi connectivity index (χ1n) is 11.9. The van der Waals surface area contributed by atoms with Crippen molar-refractivity contribution in [3.05, 3.63) is 83.2 Å². The van der Waals surface area contributed by atoms with E-state index < -0.39 is 23.8 Å². The molecule has 2 aliphatic rings. The first-order valence-corrected chi connectivity index (χ1v) is 11.9. The van der Waals surface area contributed by atoms with Crippen LogP contribution in [0.5, 0.6) is 5.75 Å². The Morgan fingerprint density at radius 2 is 1.85 bits per heavy atom. The van der Waals surface area contributed by atoms with Crippen LogP contribution in [0.4, 0.5) is 4.39 Å². The maximum atomic E-state index is 13.7. The molecular formula is C28H31FO5. The van der Waals surface area contributed by atoms with E-state index in [2.05, 4.69) is 0 Å². The molecule has 0 amide bonds. The zero-order valence-corrected chi connectivity index (χ0v) is 19.4. The lowest BCUT2D eigenvalue weighted by molar-refractivity contribution is -0.145. The summed E-state index contributed by atoms with van der Waals surface area (Å²) in [5.41, 5.74) is 3.16. The Morgan fingerprint density at radius 1 is 1.15 bits per heavy atom. The van der Waals surface area contributed by atoms with E-state index >= 15 is 0 Å². The third-order valence-corrected chi connectivity index (χ3v) is 6.47. The van der Waals surface area contributed by atoms with Gasteiger partial charge in [-0.15, -0.1) is 0 Å². The molecule has 5 nitrogen and oxygen atoms in total. The second-order valence-electron chi connectivity index (χ2n) is 8.92. The van der Waals surface area contributed by atoms with Gasteiger partial charge >= 0.3 is 5.97 Å². The van der Waals surface area contributed by atoms with E-state index in [1.807, 2.05) is 30.3 Å². The number of para-hydroxylation sites is 1. The highest BCUT2D eigenvalue weighted by Gasteiger charge is 2.44. The van der Waals surface area contributed by atoms with E-state index in [4.69, 9.17) is 9.47 Å². The molecule has 1 saturated carbocycles. The van der Waals surface area contributed by atoms with Crippen molar-refractivity contribution in [2.24, 2.45) is 0 Å². The van der Waals surface area contributed by atoms with Crippen molar-refractivity contribution < 1.29 is 28.9 Å². The molecule has 6 heteroatoms. The normalized spacial score (nSPS) is 18.6. The summed E-state index contributed by atoms with van der Waals surface area (Å²) in [7, 11) is 0. The number of benzene rings is 2. The van der Waals surface area contributed by atoms with Crippen molar-refractivity contribution in [1.29, 1.82) is 0 Å². The number of fused-ring (bicyclic) bond motifs is 1. The molecule has 1 aliphatic carbocycles. The molecule has 0 aromatic heterocycles. The molecule has 1 fully saturated rings. The molecule has 0 saturated heterocycles. The number of aliphatic hydroxyl groups is 2. The van der Waals surface area contributed by atoms with Gasteiger partial charge in [0.15, 0.2) is 0 Å². The highest BCUT2D eigenvalue weighted by atomic mass is 19.1. The minimum absolute atomic E-state index is 0.0128. The van der Waals surface area contributed by atoms with E-state index in [0.717, 1.165) is 53.7 Å². The van der Waals surface area contributed by atoms with Gasteiger partial charge in [0.25, 0.3) is 0 Å². The van der Waals surface area contributed by atoms with E-state index in [1.165, 1.54) is 12.1 Å². The van der Waals surface area contributed by atoms with Crippen molar-refractivity contribution in [3.8, 4) is 5.75 Å². The molecule has 0 radical (unpaired) electrons. The van der Waals surface area contributed by atoms with Crippen LogP contribution in [0.1, 0.15) is 56.6 Å². The number of carbonyl (C=O) groups is 1. The van der Waals surface area contributed by atoms with Gasteiger partial charge in [0.05, 0.1) is 25.2 Å². The van der Waals surface area contributed by atoms with Crippen LogP contribution >= 0.6 is 0 Å². The summed E-state index contributed by atoms with van der Waals surface area (Å²) >= 11 is 0. The average molecular weight is 467 g/mol. The van der Waals surface area contributed by atoms with Crippen LogP contribution in [0.2, 0.25) is 0 Å². The Balaban J connectivity index is 1.70. The molecule has 2 aromatic carbocycles. The summed E-state index contributed by atoms with van der Waals surface area (Å²) in [6.07, 6.45) is 5.14. The smallest absolute Gasteiger partial charge is 0.308 e. The number of aliphatic hydroxyl groups excluding tert-OH is 2. The van der Waals surface area contributed by atoms with Crippen LogP contribution in [0.25, 0.3) is 5.57 Å². The number of hydrogen-bond donors (Lipinski definition) is 2. The van der Waals surface area contributed by atoms with Gasteiger partial charge in [-0.25, -0.2) is 4.39 Å². The van der Waals surface area contributed by atoms with Crippen LogP contribution in [-0.4, -0.2) is 40.6 Å². The zero-order chi connectivity index (χ0) is 24.1. The number of carbonyl (C=O) groups excluding carboxylic acids is 1. The maximum Gasteiger partial charge on any atom is 0.308 e. The van der Waals surface area contributed by atoms with Crippen molar-refractivity contribution in [2.45, 2.75) is 63.3 Å². The lowest BCUT2D eigenvalue weighted by Gasteiger charge is -2.39. The Hall–Kier alpha value is -2.96. The van der Waals surface area contributed by atoms with Gasteiger partial charge in [-0.2, -0.15) is 0 Å². The molecule has 1 unspecified atom stereocenters. The fourth-order valence-electron chi connectivity index (χ4n) is 4.94. The zero-order valence-electron chi connectivity index (χ0n) is 19.4. The Kier molecular flexibility index (Phi) is 7.49. The van der Waals surface area contributed by atoms with Gasteiger partial charge < -0.3 is 19.7 Å². The van der Waals surface area contributed by atoms with Gasteiger partial charge in [-0.1, -0.05) is 42.5 Å². The van der Waals surface area contributed by atoms with Gasteiger partial charge in [0.1, 0.15) is 17.2 Å². The van der Waals surface area contributed by atoms with Crippen molar-refractivity contribution in [1.82, 2.24) is 0 Å². The summed E-state index contributed by atoms with van der Waals surface area (Å²) in [4.78, 5) is 11.6. The summed E-state index contributed by atoms with van der Waals surface area (Å²) in [6, 6.07) is 14.3. The average Bonchev–Trinajstić information content (AvgIpc) is 3.26. The minimum atomic E-state index is -1.01. The molecule has 2 atom stereocenters. The maximum absolute atomic E-state index is 13.7. The largest absolute Gasteiger partial charge is 0.482 e. The molecule has 1 heterocycles. The third-order valence-electron chi connectivity index (χ3n) is 6.47. The molecule has 180 valence electrons. The first kappa shape index (κ1) is 24.2. The van der Waals surface area contributed by atoms with E-state index in [1.54, 1.807) is 25.1 Å². The lowest BCUT2D eigenvalue weighted by atomic mass is 9.79. The van der Waals surface area contributed by atoms with Gasteiger partial charge in [-0.05, 0) is 61.9 Å². The van der Waals surface area contributed by atoms with Gasteiger partial charge in [-0.3, -0.25) is 4.79 Å². The van der Waals surface area contributed by atoms with E-state index in [9.17, 15) is 19.4 Å². The highest BCUT2D eigenvalue weighted by molar-refractivity contribution is 5.89. The van der Waals surface area contributed by atoms with Crippen LogP contribution in [0.15, 0.2) is 66.3 Å². The van der Waals surface area contributed by atoms with Crippen LogP contribution in [-0.2, 0) is 9.53 Å².